The summed E-state index contributed by atoms with van der Waals surface area (Å²) >= 11 is 0. The molecule has 1 aliphatic rings. The van der Waals surface area contributed by atoms with Gasteiger partial charge in [0.1, 0.15) is 18.3 Å². The summed E-state index contributed by atoms with van der Waals surface area (Å²) in [5.41, 5.74) is 0. The Balaban J connectivity index is 2.14. The number of esters is 1. The van der Waals surface area contributed by atoms with Crippen molar-refractivity contribution in [2.45, 2.75) is 19.4 Å². The molecule has 4 heteroatoms. The van der Waals surface area contributed by atoms with E-state index >= 15 is 0 Å². The molecule has 0 amide bonds. The number of hydrogen-bond donors (Lipinski definition) is 0. The normalized spacial score (nSPS) is 17.2. The molecular formula is C7H10O4. The smallest absolute Gasteiger partial charge is 0.313 e. The van der Waals surface area contributed by atoms with Crippen LogP contribution in [0, 0.1) is 0 Å². The Bertz CT molecular complexity index is 171. The Morgan fingerprint density at radius 3 is 2.55 bits per heavy atom. The van der Waals surface area contributed by atoms with Crippen LogP contribution in [0.2, 0.25) is 0 Å². The monoisotopic (exact) mass is 158 g/mol. The van der Waals surface area contributed by atoms with E-state index in [4.69, 9.17) is 9.47 Å². The summed E-state index contributed by atoms with van der Waals surface area (Å²) in [5.74, 6) is -0.624. The zero-order valence-electron chi connectivity index (χ0n) is 6.33. The topological polar surface area (TPSA) is 52.6 Å². The molecule has 0 radical (unpaired) electrons. The van der Waals surface area contributed by atoms with Crippen LogP contribution < -0.4 is 0 Å². The highest BCUT2D eigenvalue weighted by Gasteiger charge is 2.22. The molecule has 62 valence electrons. The Kier molecular flexibility index (Phi) is 2.59. The number of ether oxygens (including phenoxy) is 2. The minimum atomic E-state index is -0.453. The number of Topliss-reactive ketones (excluding diaryl/α,β-unsaturated/α-hetero) is 1. The molecule has 1 rings (SSSR count). The number of ketones is 1. The van der Waals surface area contributed by atoms with E-state index in [1.165, 1.54) is 6.92 Å². The van der Waals surface area contributed by atoms with Crippen molar-refractivity contribution in [1.82, 2.24) is 0 Å². The lowest BCUT2D eigenvalue weighted by Crippen LogP contribution is -2.38. The van der Waals surface area contributed by atoms with E-state index in [0.29, 0.717) is 13.2 Å². The van der Waals surface area contributed by atoms with Crippen LogP contribution in [-0.2, 0) is 19.1 Å². The van der Waals surface area contributed by atoms with Crippen molar-refractivity contribution in [2.75, 3.05) is 13.2 Å². The summed E-state index contributed by atoms with van der Waals surface area (Å²) in [6.07, 6.45) is -0.252. The number of carbonyl (C=O) groups excluding carboxylic acids is 2. The lowest BCUT2D eigenvalue weighted by atomic mass is 10.3. The van der Waals surface area contributed by atoms with Crippen LogP contribution in [0.4, 0.5) is 0 Å². The molecular weight excluding hydrogens is 148 g/mol. The van der Waals surface area contributed by atoms with Crippen LogP contribution >= 0.6 is 0 Å². The third-order valence-electron chi connectivity index (χ3n) is 1.30. The van der Waals surface area contributed by atoms with Crippen LogP contribution in [-0.4, -0.2) is 31.1 Å². The van der Waals surface area contributed by atoms with Gasteiger partial charge in [-0.05, 0) is 6.92 Å². The van der Waals surface area contributed by atoms with Crippen LogP contribution in [0.25, 0.3) is 0 Å². The number of rotatable bonds is 3. The van der Waals surface area contributed by atoms with Gasteiger partial charge < -0.3 is 9.47 Å². The quantitative estimate of drug-likeness (QED) is 0.425. The molecule has 0 aromatic carbocycles. The molecule has 0 aromatic heterocycles. The van der Waals surface area contributed by atoms with Gasteiger partial charge in [-0.1, -0.05) is 0 Å². The van der Waals surface area contributed by atoms with E-state index in [0.717, 1.165) is 0 Å². The predicted octanol–water partition coefficient (Wildman–Crippen LogP) is -0.0925. The van der Waals surface area contributed by atoms with Crippen molar-refractivity contribution in [3.63, 3.8) is 0 Å². The van der Waals surface area contributed by atoms with E-state index in [9.17, 15) is 9.59 Å². The van der Waals surface area contributed by atoms with Gasteiger partial charge in [0.05, 0.1) is 13.2 Å². The fourth-order valence-corrected chi connectivity index (χ4v) is 0.713. The van der Waals surface area contributed by atoms with Crippen molar-refractivity contribution < 1.29 is 19.1 Å². The standard InChI is InChI=1S/C7H10O4/c1-5(8)2-7(9)11-6-3-10-4-6/h6H,2-4H2,1H3. The third kappa shape index (κ3) is 2.67. The highest BCUT2D eigenvalue weighted by Crippen LogP contribution is 2.06. The molecule has 0 spiro atoms. The molecule has 0 bridgehead atoms. The van der Waals surface area contributed by atoms with Crippen LogP contribution in [0.15, 0.2) is 0 Å². The van der Waals surface area contributed by atoms with Crippen LogP contribution in [0.1, 0.15) is 13.3 Å². The van der Waals surface area contributed by atoms with Crippen molar-refractivity contribution in [3.8, 4) is 0 Å². The Hall–Kier alpha value is -0.900. The van der Waals surface area contributed by atoms with Gasteiger partial charge in [-0.15, -0.1) is 0 Å². The Morgan fingerprint density at radius 2 is 2.18 bits per heavy atom. The number of carbonyl (C=O) groups is 2. The van der Waals surface area contributed by atoms with Gasteiger partial charge in [-0.3, -0.25) is 9.59 Å². The SMILES string of the molecule is CC(=O)CC(=O)OC1COC1. The maximum absolute atomic E-state index is 10.8. The summed E-state index contributed by atoms with van der Waals surface area (Å²) < 4.78 is 9.59. The van der Waals surface area contributed by atoms with E-state index in [1.54, 1.807) is 0 Å². The first kappa shape index (κ1) is 8.20. The van der Waals surface area contributed by atoms with E-state index in [1.807, 2.05) is 0 Å². The van der Waals surface area contributed by atoms with Gasteiger partial charge in [0.2, 0.25) is 0 Å². The van der Waals surface area contributed by atoms with E-state index in [-0.39, 0.29) is 18.3 Å². The summed E-state index contributed by atoms with van der Waals surface area (Å²) in [4.78, 5) is 21.2. The highest BCUT2D eigenvalue weighted by molar-refractivity contribution is 5.94. The highest BCUT2D eigenvalue weighted by atomic mass is 16.6. The van der Waals surface area contributed by atoms with Gasteiger partial charge >= 0.3 is 5.97 Å². The lowest BCUT2D eigenvalue weighted by Gasteiger charge is -2.25. The average molecular weight is 158 g/mol. The summed E-state index contributed by atoms with van der Waals surface area (Å²) in [7, 11) is 0. The molecule has 11 heavy (non-hydrogen) atoms. The largest absolute Gasteiger partial charge is 0.457 e. The van der Waals surface area contributed by atoms with E-state index < -0.39 is 5.97 Å². The van der Waals surface area contributed by atoms with Gasteiger partial charge in [0.25, 0.3) is 0 Å². The Labute approximate surface area is 64.5 Å². The second-order valence-corrected chi connectivity index (χ2v) is 2.53. The first-order valence-electron chi connectivity index (χ1n) is 3.45. The molecule has 1 saturated heterocycles. The first-order chi connectivity index (χ1) is 5.18. The third-order valence-corrected chi connectivity index (χ3v) is 1.30. The molecule has 4 nitrogen and oxygen atoms in total. The fourth-order valence-electron chi connectivity index (χ4n) is 0.713. The zero-order valence-corrected chi connectivity index (χ0v) is 6.33. The Morgan fingerprint density at radius 1 is 1.55 bits per heavy atom. The number of hydrogen-bond acceptors (Lipinski definition) is 4. The second kappa shape index (κ2) is 3.48. The van der Waals surface area contributed by atoms with E-state index in [2.05, 4.69) is 0 Å². The average Bonchev–Trinajstić information content (AvgIpc) is 1.77. The molecule has 0 atom stereocenters. The van der Waals surface area contributed by atoms with Crippen molar-refractivity contribution in [2.24, 2.45) is 0 Å². The molecule has 0 unspecified atom stereocenters. The second-order valence-electron chi connectivity index (χ2n) is 2.53. The lowest BCUT2D eigenvalue weighted by molar-refractivity contribution is -0.172. The maximum Gasteiger partial charge on any atom is 0.313 e. The molecule has 1 fully saturated rings. The maximum atomic E-state index is 10.8. The van der Waals surface area contributed by atoms with Gasteiger partial charge in [0.15, 0.2) is 0 Å². The fraction of sp³-hybridized carbons (Fsp3) is 0.714. The molecule has 1 aliphatic heterocycles. The van der Waals surface area contributed by atoms with Crippen LogP contribution in [0.3, 0.4) is 0 Å². The molecule has 0 aromatic rings. The molecule has 0 aliphatic carbocycles. The summed E-state index contributed by atoms with van der Waals surface area (Å²) in [5, 5.41) is 0. The first-order valence-corrected chi connectivity index (χ1v) is 3.45. The minimum Gasteiger partial charge on any atom is -0.457 e. The summed E-state index contributed by atoms with van der Waals surface area (Å²) in [6.45, 7) is 2.28. The van der Waals surface area contributed by atoms with Crippen molar-refractivity contribution in [1.29, 1.82) is 0 Å². The van der Waals surface area contributed by atoms with Gasteiger partial charge in [0, 0.05) is 0 Å². The predicted molar refractivity (Wildman–Crippen MR) is 36.0 cm³/mol. The molecule has 0 N–H and O–H groups in total. The van der Waals surface area contributed by atoms with Crippen molar-refractivity contribution in [3.05, 3.63) is 0 Å². The van der Waals surface area contributed by atoms with Gasteiger partial charge in [-0.2, -0.15) is 0 Å². The zero-order chi connectivity index (χ0) is 8.27. The summed E-state index contributed by atoms with van der Waals surface area (Å²) in [6, 6.07) is 0. The van der Waals surface area contributed by atoms with Crippen LogP contribution in [0.5, 0.6) is 0 Å². The molecule has 1 heterocycles. The van der Waals surface area contributed by atoms with Crippen molar-refractivity contribution >= 4 is 11.8 Å². The molecule has 0 saturated carbocycles. The minimum absolute atomic E-state index is 0.123. The van der Waals surface area contributed by atoms with Gasteiger partial charge in [-0.25, -0.2) is 0 Å².